The van der Waals surface area contributed by atoms with E-state index in [4.69, 9.17) is 10.5 Å². The van der Waals surface area contributed by atoms with Crippen LogP contribution in [0, 0.1) is 6.92 Å². The number of fused-ring (bicyclic) bond motifs is 1. The molecule has 3 rings (SSSR count). The highest BCUT2D eigenvalue weighted by atomic mass is 16.5. The third kappa shape index (κ3) is 2.30. The molecular formula is C14H16N4O2. The number of para-hydroxylation sites is 2. The molecule has 0 spiro atoms. The van der Waals surface area contributed by atoms with Crippen LogP contribution in [0.15, 0.2) is 24.3 Å². The minimum atomic E-state index is -0.587. The number of primary amides is 1. The third-order valence-electron chi connectivity index (χ3n) is 3.40. The standard InChI is InChI=1S/C14H16N4O2/c1-9-14(17-11-5-3-2-4-10(11)16-9)18-6-7-20-12(8-18)13(15)19/h2-5,12H,6-8H2,1H3,(H2,15,19). The van der Waals surface area contributed by atoms with Gasteiger partial charge >= 0.3 is 0 Å². The van der Waals surface area contributed by atoms with Crippen LogP contribution in [0.2, 0.25) is 0 Å². The summed E-state index contributed by atoms with van der Waals surface area (Å²) >= 11 is 0. The molecule has 1 fully saturated rings. The minimum absolute atomic E-state index is 0.420. The number of ether oxygens (including phenoxy) is 1. The summed E-state index contributed by atoms with van der Waals surface area (Å²) < 4.78 is 5.35. The number of hydrogen-bond acceptors (Lipinski definition) is 5. The zero-order valence-electron chi connectivity index (χ0n) is 11.2. The number of hydrogen-bond donors (Lipinski definition) is 1. The number of aryl methyl sites for hydroxylation is 1. The second-order valence-electron chi connectivity index (χ2n) is 4.83. The van der Waals surface area contributed by atoms with Crippen molar-refractivity contribution in [1.82, 2.24) is 9.97 Å². The maximum Gasteiger partial charge on any atom is 0.248 e. The Morgan fingerprint density at radius 2 is 2.05 bits per heavy atom. The Balaban J connectivity index is 1.96. The molecule has 1 atom stereocenters. The summed E-state index contributed by atoms with van der Waals surface area (Å²) in [4.78, 5) is 22.5. The zero-order chi connectivity index (χ0) is 14.1. The van der Waals surface area contributed by atoms with Gasteiger partial charge in [-0.05, 0) is 19.1 Å². The van der Waals surface area contributed by atoms with Gasteiger partial charge in [0.05, 0.1) is 29.9 Å². The molecule has 0 aliphatic carbocycles. The van der Waals surface area contributed by atoms with Crippen molar-refractivity contribution < 1.29 is 9.53 Å². The SMILES string of the molecule is Cc1nc2ccccc2nc1N1CCOC(C(N)=O)C1. The number of nitrogens with zero attached hydrogens (tertiary/aromatic N) is 3. The number of nitrogens with two attached hydrogens (primary N) is 1. The monoisotopic (exact) mass is 272 g/mol. The molecule has 0 bridgehead atoms. The molecule has 1 aromatic carbocycles. The lowest BCUT2D eigenvalue weighted by Crippen LogP contribution is -2.49. The van der Waals surface area contributed by atoms with Gasteiger partial charge in [-0.25, -0.2) is 9.97 Å². The molecule has 1 amide bonds. The quantitative estimate of drug-likeness (QED) is 0.867. The molecule has 2 aromatic rings. The Morgan fingerprint density at radius 1 is 1.35 bits per heavy atom. The Labute approximate surface area is 116 Å². The van der Waals surface area contributed by atoms with E-state index in [1.54, 1.807) is 0 Å². The van der Waals surface area contributed by atoms with Crippen LogP contribution < -0.4 is 10.6 Å². The number of amides is 1. The first-order valence-corrected chi connectivity index (χ1v) is 6.54. The number of aromatic nitrogens is 2. The van der Waals surface area contributed by atoms with Gasteiger partial charge in [0.2, 0.25) is 5.91 Å². The van der Waals surface area contributed by atoms with Crippen LogP contribution in [0.25, 0.3) is 11.0 Å². The van der Waals surface area contributed by atoms with E-state index in [1.807, 2.05) is 36.1 Å². The molecule has 0 radical (unpaired) electrons. The van der Waals surface area contributed by atoms with Gasteiger partial charge in [-0.1, -0.05) is 12.1 Å². The lowest BCUT2D eigenvalue weighted by Gasteiger charge is -2.32. The van der Waals surface area contributed by atoms with Crippen molar-refractivity contribution in [3.63, 3.8) is 0 Å². The van der Waals surface area contributed by atoms with Crippen molar-refractivity contribution >= 4 is 22.8 Å². The number of rotatable bonds is 2. The average molecular weight is 272 g/mol. The predicted octanol–water partition coefficient (Wildman–Crippen LogP) is 0.629. The molecular weight excluding hydrogens is 256 g/mol. The number of benzene rings is 1. The summed E-state index contributed by atoms with van der Waals surface area (Å²) in [5, 5.41) is 0. The summed E-state index contributed by atoms with van der Waals surface area (Å²) in [5.41, 5.74) is 7.86. The van der Waals surface area contributed by atoms with Gasteiger partial charge in [0, 0.05) is 6.54 Å². The first-order chi connectivity index (χ1) is 9.65. The Hall–Kier alpha value is -2.21. The Morgan fingerprint density at radius 3 is 2.75 bits per heavy atom. The van der Waals surface area contributed by atoms with Crippen LogP contribution in [0.3, 0.4) is 0 Å². The van der Waals surface area contributed by atoms with Crippen molar-refractivity contribution in [3.05, 3.63) is 30.0 Å². The van der Waals surface area contributed by atoms with E-state index < -0.39 is 12.0 Å². The van der Waals surface area contributed by atoms with Crippen LogP contribution in [0.4, 0.5) is 5.82 Å². The van der Waals surface area contributed by atoms with E-state index >= 15 is 0 Å². The normalized spacial score (nSPS) is 19.2. The number of anilines is 1. The van der Waals surface area contributed by atoms with Gasteiger partial charge in [0.15, 0.2) is 11.9 Å². The molecule has 1 aliphatic heterocycles. The fourth-order valence-corrected chi connectivity index (χ4v) is 2.39. The van der Waals surface area contributed by atoms with Crippen LogP contribution in [0.5, 0.6) is 0 Å². The summed E-state index contributed by atoms with van der Waals surface area (Å²) in [6, 6.07) is 7.73. The van der Waals surface area contributed by atoms with Crippen molar-refractivity contribution in [1.29, 1.82) is 0 Å². The van der Waals surface area contributed by atoms with Crippen LogP contribution in [0.1, 0.15) is 5.69 Å². The smallest absolute Gasteiger partial charge is 0.248 e. The highest BCUT2D eigenvalue weighted by Crippen LogP contribution is 2.21. The first-order valence-electron chi connectivity index (χ1n) is 6.54. The van der Waals surface area contributed by atoms with E-state index in [9.17, 15) is 4.79 Å². The van der Waals surface area contributed by atoms with E-state index in [1.165, 1.54) is 0 Å². The van der Waals surface area contributed by atoms with Gasteiger partial charge in [0.25, 0.3) is 0 Å². The molecule has 104 valence electrons. The molecule has 1 saturated heterocycles. The zero-order valence-corrected chi connectivity index (χ0v) is 11.2. The van der Waals surface area contributed by atoms with Gasteiger partial charge in [0.1, 0.15) is 0 Å². The minimum Gasteiger partial charge on any atom is -0.367 e. The fraction of sp³-hybridized carbons (Fsp3) is 0.357. The Bertz CT molecular complexity index is 659. The predicted molar refractivity (Wildman–Crippen MR) is 75.4 cm³/mol. The molecule has 2 heterocycles. The summed E-state index contributed by atoms with van der Waals surface area (Å²) in [5.74, 6) is 0.347. The van der Waals surface area contributed by atoms with E-state index in [2.05, 4.69) is 9.97 Å². The number of morpholine rings is 1. The largest absolute Gasteiger partial charge is 0.367 e. The Kier molecular flexibility index (Phi) is 3.23. The van der Waals surface area contributed by atoms with Crippen LogP contribution >= 0.6 is 0 Å². The van der Waals surface area contributed by atoms with Crippen molar-refractivity contribution in [3.8, 4) is 0 Å². The summed E-state index contributed by atoms with van der Waals surface area (Å²) in [6.07, 6.45) is -0.587. The number of carbonyl (C=O) groups is 1. The van der Waals surface area contributed by atoms with Crippen LogP contribution in [-0.2, 0) is 9.53 Å². The maximum absolute atomic E-state index is 11.3. The average Bonchev–Trinajstić information content (AvgIpc) is 2.46. The lowest BCUT2D eigenvalue weighted by atomic mass is 10.2. The summed E-state index contributed by atoms with van der Waals surface area (Å²) in [7, 11) is 0. The van der Waals surface area contributed by atoms with Gasteiger partial charge in [-0.2, -0.15) is 0 Å². The fourth-order valence-electron chi connectivity index (χ4n) is 2.39. The molecule has 1 aliphatic rings. The molecule has 2 N–H and O–H groups in total. The molecule has 1 unspecified atom stereocenters. The van der Waals surface area contributed by atoms with Gasteiger partial charge in [-0.15, -0.1) is 0 Å². The third-order valence-corrected chi connectivity index (χ3v) is 3.40. The first kappa shape index (κ1) is 12.8. The van der Waals surface area contributed by atoms with Crippen LogP contribution in [-0.4, -0.2) is 41.7 Å². The van der Waals surface area contributed by atoms with Gasteiger partial charge in [-0.3, -0.25) is 4.79 Å². The van der Waals surface area contributed by atoms with E-state index in [0.717, 1.165) is 22.5 Å². The molecule has 6 nitrogen and oxygen atoms in total. The molecule has 1 aromatic heterocycles. The topological polar surface area (TPSA) is 81.3 Å². The lowest BCUT2D eigenvalue weighted by molar-refractivity contribution is -0.130. The van der Waals surface area contributed by atoms with E-state index in [-0.39, 0.29) is 0 Å². The second-order valence-corrected chi connectivity index (χ2v) is 4.83. The highest BCUT2D eigenvalue weighted by Gasteiger charge is 2.26. The van der Waals surface area contributed by atoms with Crippen molar-refractivity contribution in [2.75, 3.05) is 24.6 Å². The highest BCUT2D eigenvalue weighted by molar-refractivity contribution is 5.80. The van der Waals surface area contributed by atoms with Crippen molar-refractivity contribution in [2.45, 2.75) is 13.0 Å². The number of carbonyl (C=O) groups excluding carboxylic acids is 1. The van der Waals surface area contributed by atoms with Gasteiger partial charge < -0.3 is 15.4 Å². The molecule has 20 heavy (non-hydrogen) atoms. The molecule has 0 saturated carbocycles. The molecule has 6 heteroatoms. The van der Waals surface area contributed by atoms with E-state index in [0.29, 0.717) is 19.7 Å². The summed E-state index contributed by atoms with van der Waals surface area (Å²) in [6.45, 7) is 3.48. The van der Waals surface area contributed by atoms with Crippen molar-refractivity contribution in [2.24, 2.45) is 5.73 Å². The maximum atomic E-state index is 11.3. The second kappa shape index (κ2) is 5.05.